The predicted molar refractivity (Wildman–Crippen MR) is 86.2 cm³/mol. The molecule has 1 aromatic carbocycles. The van der Waals surface area contributed by atoms with Crippen LogP contribution in [0.5, 0.6) is 5.75 Å². The Balaban J connectivity index is 1.58. The number of esters is 2. The van der Waals surface area contributed by atoms with Crippen molar-refractivity contribution >= 4 is 31.3 Å². The summed E-state index contributed by atoms with van der Waals surface area (Å²) in [4.78, 5) is 35.4. The smallest absolute Gasteiger partial charge is 0.463 e. The SMILES string of the molecule is O=C(CCc1ccccc1O[P+](=O)O)OC(=O)c1cc2occc2[nH]1. The van der Waals surface area contributed by atoms with Crippen molar-refractivity contribution in [2.45, 2.75) is 12.8 Å². The van der Waals surface area contributed by atoms with E-state index in [1.807, 2.05) is 0 Å². The Morgan fingerprint density at radius 3 is 2.80 bits per heavy atom. The molecule has 0 amide bonds. The number of carbonyl (C=O) groups excluding carboxylic acids is 2. The molecule has 2 N–H and O–H groups in total. The Labute approximate surface area is 142 Å². The largest absolute Gasteiger partial charge is 0.747 e. The molecular formula is C16H13NO7P+. The van der Waals surface area contributed by atoms with Gasteiger partial charge in [-0.05, 0) is 12.5 Å². The molecule has 3 rings (SSSR count). The number of para-hydroxylation sites is 1. The molecule has 8 nitrogen and oxygen atoms in total. The average Bonchev–Trinajstić information content (AvgIpc) is 3.15. The van der Waals surface area contributed by atoms with Crippen molar-refractivity contribution in [1.29, 1.82) is 0 Å². The van der Waals surface area contributed by atoms with E-state index in [-0.39, 0.29) is 24.3 Å². The van der Waals surface area contributed by atoms with Gasteiger partial charge in [0.1, 0.15) is 5.69 Å². The van der Waals surface area contributed by atoms with Crippen molar-refractivity contribution in [2.24, 2.45) is 0 Å². The number of benzene rings is 1. The molecule has 0 saturated carbocycles. The third-order valence-electron chi connectivity index (χ3n) is 3.41. The number of rotatable bonds is 6. The number of hydrogen-bond donors (Lipinski definition) is 2. The number of furan rings is 1. The zero-order chi connectivity index (χ0) is 17.8. The Hall–Kier alpha value is -2.96. The highest BCUT2D eigenvalue weighted by atomic mass is 31.1. The van der Waals surface area contributed by atoms with Crippen molar-refractivity contribution in [3.8, 4) is 5.75 Å². The lowest BCUT2D eigenvalue weighted by Gasteiger charge is -2.04. The highest BCUT2D eigenvalue weighted by Crippen LogP contribution is 2.27. The van der Waals surface area contributed by atoms with Gasteiger partial charge in [0.05, 0.1) is 18.2 Å². The molecule has 9 heteroatoms. The van der Waals surface area contributed by atoms with Crippen LogP contribution in [-0.4, -0.2) is 21.8 Å². The molecule has 0 spiro atoms. The molecule has 25 heavy (non-hydrogen) atoms. The maximum absolute atomic E-state index is 11.9. The molecule has 2 aromatic heterocycles. The highest BCUT2D eigenvalue weighted by molar-refractivity contribution is 7.32. The number of nitrogens with one attached hydrogen (secondary N) is 1. The second kappa shape index (κ2) is 7.29. The van der Waals surface area contributed by atoms with E-state index in [1.54, 1.807) is 24.3 Å². The molecule has 0 bridgehead atoms. The molecule has 1 unspecified atom stereocenters. The van der Waals surface area contributed by atoms with Crippen molar-refractivity contribution in [3.63, 3.8) is 0 Å². The number of hydrogen-bond acceptors (Lipinski definition) is 6. The van der Waals surface area contributed by atoms with Crippen LogP contribution in [0.3, 0.4) is 0 Å². The quantitative estimate of drug-likeness (QED) is 0.393. The van der Waals surface area contributed by atoms with Gasteiger partial charge in [0.2, 0.25) is 0 Å². The molecule has 0 fully saturated rings. The molecule has 2 heterocycles. The van der Waals surface area contributed by atoms with Gasteiger partial charge < -0.3 is 14.1 Å². The molecule has 0 saturated heterocycles. The molecule has 0 aliphatic heterocycles. The van der Waals surface area contributed by atoms with Crippen LogP contribution >= 0.6 is 8.25 Å². The molecule has 1 atom stereocenters. The fraction of sp³-hybridized carbons (Fsp3) is 0.125. The van der Waals surface area contributed by atoms with E-state index in [0.717, 1.165) is 0 Å². The second-order valence-corrected chi connectivity index (χ2v) is 5.74. The lowest BCUT2D eigenvalue weighted by atomic mass is 10.1. The van der Waals surface area contributed by atoms with E-state index in [1.165, 1.54) is 18.4 Å². The van der Waals surface area contributed by atoms with Crippen LogP contribution in [-0.2, 0) is 20.5 Å². The topological polar surface area (TPSA) is 119 Å². The standard InChI is InChI=1S/C16H12NO7P/c18-15(6-5-10-3-1-2-4-13(10)24-25(20)21)23-16(19)12-9-14-11(17-12)7-8-22-14/h1-4,7-9H,5-6H2,(H-,17,19,20,21)/p+1. The van der Waals surface area contributed by atoms with E-state index in [4.69, 9.17) is 18.6 Å². The second-order valence-electron chi connectivity index (χ2n) is 5.08. The summed E-state index contributed by atoms with van der Waals surface area (Å²) in [7, 11) is -2.80. The van der Waals surface area contributed by atoms with E-state index >= 15 is 0 Å². The van der Waals surface area contributed by atoms with Gasteiger partial charge >= 0.3 is 20.2 Å². The normalized spacial score (nSPS) is 11.3. The van der Waals surface area contributed by atoms with Gasteiger partial charge in [0.15, 0.2) is 11.3 Å². The number of aryl methyl sites for hydroxylation is 1. The fourth-order valence-electron chi connectivity index (χ4n) is 2.29. The van der Waals surface area contributed by atoms with Crippen LogP contribution in [0.2, 0.25) is 0 Å². The van der Waals surface area contributed by atoms with Crippen LogP contribution in [0.25, 0.3) is 11.1 Å². The number of H-pyrrole nitrogens is 1. The van der Waals surface area contributed by atoms with Gasteiger partial charge in [0.25, 0.3) is 0 Å². The number of ether oxygens (including phenoxy) is 1. The van der Waals surface area contributed by atoms with Crippen molar-refractivity contribution < 1.29 is 32.7 Å². The zero-order valence-corrected chi connectivity index (χ0v) is 13.7. The van der Waals surface area contributed by atoms with Crippen molar-refractivity contribution in [2.75, 3.05) is 0 Å². The third-order valence-corrected chi connectivity index (χ3v) is 3.77. The molecular weight excluding hydrogens is 349 g/mol. The van der Waals surface area contributed by atoms with Crippen LogP contribution < -0.4 is 4.52 Å². The van der Waals surface area contributed by atoms with E-state index < -0.39 is 20.2 Å². The summed E-state index contributed by atoms with van der Waals surface area (Å²) in [5, 5.41) is 0. The van der Waals surface area contributed by atoms with Gasteiger partial charge in [-0.3, -0.25) is 4.79 Å². The van der Waals surface area contributed by atoms with E-state index in [9.17, 15) is 14.2 Å². The summed E-state index contributed by atoms with van der Waals surface area (Å²) >= 11 is 0. The van der Waals surface area contributed by atoms with Gasteiger partial charge in [-0.15, -0.1) is 4.89 Å². The minimum absolute atomic E-state index is 0.0921. The Morgan fingerprint density at radius 2 is 2.04 bits per heavy atom. The number of carbonyl (C=O) groups is 2. The van der Waals surface area contributed by atoms with Crippen LogP contribution in [0.4, 0.5) is 0 Å². The Bertz CT molecular complexity index is 914. The maximum atomic E-state index is 11.9. The molecule has 3 aromatic rings. The first-order chi connectivity index (χ1) is 12.0. The minimum atomic E-state index is -2.80. The predicted octanol–water partition coefficient (Wildman–Crippen LogP) is 3.11. The zero-order valence-electron chi connectivity index (χ0n) is 12.8. The summed E-state index contributed by atoms with van der Waals surface area (Å²) in [5.41, 5.74) is 1.79. The molecule has 0 aliphatic carbocycles. The monoisotopic (exact) mass is 362 g/mol. The Kier molecular flexibility index (Phi) is 4.92. The third kappa shape index (κ3) is 4.12. The summed E-state index contributed by atoms with van der Waals surface area (Å²) in [6.45, 7) is 0. The lowest BCUT2D eigenvalue weighted by Crippen LogP contribution is -2.13. The van der Waals surface area contributed by atoms with Crippen molar-refractivity contribution in [1.82, 2.24) is 4.98 Å². The first kappa shape index (κ1) is 16.9. The summed E-state index contributed by atoms with van der Waals surface area (Å²) in [5.74, 6) is -1.33. The number of aromatic amines is 1. The summed E-state index contributed by atoms with van der Waals surface area (Å²) in [6, 6.07) is 9.62. The lowest BCUT2D eigenvalue weighted by molar-refractivity contribution is -0.137. The highest BCUT2D eigenvalue weighted by Gasteiger charge is 2.20. The van der Waals surface area contributed by atoms with E-state index in [2.05, 4.69) is 4.98 Å². The number of aromatic nitrogens is 1. The molecule has 0 radical (unpaired) electrons. The summed E-state index contributed by atoms with van der Waals surface area (Å²) in [6.07, 6.45) is 1.57. The molecule has 0 aliphatic rings. The van der Waals surface area contributed by atoms with Crippen LogP contribution in [0, 0.1) is 0 Å². The first-order valence-electron chi connectivity index (χ1n) is 7.26. The molecule has 128 valence electrons. The van der Waals surface area contributed by atoms with E-state index in [0.29, 0.717) is 16.7 Å². The van der Waals surface area contributed by atoms with Gasteiger partial charge in [-0.2, -0.15) is 0 Å². The van der Waals surface area contributed by atoms with Gasteiger partial charge in [-0.1, -0.05) is 18.2 Å². The van der Waals surface area contributed by atoms with Gasteiger partial charge in [-0.25, -0.2) is 9.32 Å². The minimum Gasteiger partial charge on any atom is -0.463 e. The Morgan fingerprint density at radius 1 is 1.24 bits per heavy atom. The fourth-order valence-corrected chi connectivity index (χ4v) is 2.63. The van der Waals surface area contributed by atoms with Gasteiger partial charge in [0, 0.05) is 22.3 Å². The summed E-state index contributed by atoms with van der Waals surface area (Å²) < 4.78 is 25.5. The maximum Gasteiger partial charge on any atom is 0.747 e. The average molecular weight is 362 g/mol. The van der Waals surface area contributed by atoms with Crippen LogP contribution in [0.1, 0.15) is 22.5 Å². The van der Waals surface area contributed by atoms with Crippen molar-refractivity contribution in [3.05, 3.63) is 53.9 Å². The first-order valence-corrected chi connectivity index (χ1v) is 8.39. The van der Waals surface area contributed by atoms with Crippen LogP contribution in [0.15, 0.2) is 47.1 Å². The number of fused-ring (bicyclic) bond motifs is 1.